The van der Waals surface area contributed by atoms with Crippen LogP contribution in [-0.4, -0.2) is 37.0 Å². The van der Waals surface area contributed by atoms with Crippen molar-refractivity contribution in [1.82, 2.24) is 20.9 Å². The molecule has 2 rings (SSSR count). The van der Waals surface area contributed by atoms with Crippen LogP contribution in [0.15, 0.2) is 47.6 Å². The summed E-state index contributed by atoms with van der Waals surface area (Å²) in [7, 11) is 1.64. The molecule has 26 heavy (non-hydrogen) atoms. The van der Waals surface area contributed by atoms with Gasteiger partial charge in [0.2, 0.25) is 0 Å². The minimum Gasteiger partial charge on any atom is -0.357 e. The minimum absolute atomic E-state index is 0.0690. The van der Waals surface area contributed by atoms with Crippen molar-refractivity contribution in [1.29, 1.82) is 0 Å². The number of benzene rings is 1. The van der Waals surface area contributed by atoms with Crippen LogP contribution < -0.4 is 16.0 Å². The van der Waals surface area contributed by atoms with Crippen LogP contribution in [0.1, 0.15) is 34.1 Å². The first-order chi connectivity index (χ1) is 12.6. The molecule has 138 valence electrons. The van der Waals surface area contributed by atoms with Crippen LogP contribution in [0.25, 0.3) is 0 Å². The van der Waals surface area contributed by atoms with Crippen molar-refractivity contribution in [3.63, 3.8) is 0 Å². The predicted octanol–water partition coefficient (Wildman–Crippen LogP) is 2.05. The summed E-state index contributed by atoms with van der Waals surface area (Å²) in [5, 5.41) is 9.22. The Balaban J connectivity index is 1.93. The smallest absolute Gasteiger partial charge is 0.251 e. The standard InChI is InChI=1S/C20H27N5O/c1-4-22-20(25-14-18-15(2)7-6-11-23-18)24-12-10-16-8-5-9-17(13-16)19(26)21-3/h5-9,11,13H,4,10,12,14H2,1-3H3,(H,21,26)(H2,22,24,25). The van der Waals surface area contributed by atoms with Gasteiger partial charge in [0.05, 0.1) is 12.2 Å². The highest BCUT2D eigenvalue weighted by Gasteiger charge is 2.04. The van der Waals surface area contributed by atoms with E-state index in [-0.39, 0.29) is 5.91 Å². The van der Waals surface area contributed by atoms with Crippen LogP contribution >= 0.6 is 0 Å². The summed E-state index contributed by atoms with van der Waals surface area (Å²) in [6, 6.07) is 11.6. The number of hydrogen-bond donors (Lipinski definition) is 3. The fraction of sp³-hybridized carbons (Fsp3) is 0.350. The van der Waals surface area contributed by atoms with Gasteiger partial charge in [-0.25, -0.2) is 4.99 Å². The molecule has 0 saturated heterocycles. The van der Waals surface area contributed by atoms with E-state index in [0.717, 1.165) is 42.3 Å². The minimum atomic E-state index is -0.0690. The molecule has 0 aliphatic rings. The first-order valence-corrected chi connectivity index (χ1v) is 8.87. The van der Waals surface area contributed by atoms with Gasteiger partial charge in [-0.1, -0.05) is 18.2 Å². The van der Waals surface area contributed by atoms with Crippen LogP contribution in [0.4, 0.5) is 0 Å². The number of hydrogen-bond acceptors (Lipinski definition) is 3. The molecule has 2 aromatic rings. The molecule has 0 saturated carbocycles. The fourth-order valence-electron chi connectivity index (χ4n) is 2.52. The number of carbonyl (C=O) groups excluding carboxylic acids is 1. The second-order valence-electron chi connectivity index (χ2n) is 5.92. The molecule has 0 aliphatic heterocycles. The van der Waals surface area contributed by atoms with Crippen LogP contribution in [0.2, 0.25) is 0 Å². The van der Waals surface area contributed by atoms with Crippen LogP contribution in [0, 0.1) is 6.92 Å². The molecule has 1 amide bonds. The van der Waals surface area contributed by atoms with Crippen molar-refractivity contribution in [2.24, 2.45) is 4.99 Å². The van der Waals surface area contributed by atoms with E-state index in [1.165, 1.54) is 0 Å². The molecule has 0 unspecified atom stereocenters. The largest absolute Gasteiger partial charge is 0.357 e. The monoisotopic (exact) mass is 353 g/mol. The molecule has 3 N–H and O–H groups in total. The maximum Gasteiger partial charge on any atom is 0.251 e. The molecule has 0 fully saturated rings. The topological polar surface area (TPSA) is 78.4 Å². The first kappa shape index (κ1) is 19.4. The van der Waals surface area contributed by atoms with Crippen LogP contribution in [0.5, 0.6) is 0 Å². The second kappa shape index (κ2) is 10.2. The molecule has 0 radical (unpaired) electrons. The highest BCUT2D eigenvalue weighted by Crippen LogP contribution is 2.06. The molecule has 0 bridgehead atoms. The van der Waals surface area contributed by atoms with E-state index in [2.05, 4.69) is 25.9 Å². The predicted molar refractivity (Wildman–Crippen MR) is 105 cm³/mol. The van der Waals surface area contributed by atoms with Crippen LogP contribution in [0.3, 0.4) is 0 Å². The molecular weight excluding hydrogens is 326 g/mol. The summed E-state index contributed by atoms with van der Waals surface area (Å²) in [4.78, 5) is 20.7. The van der Waals surface area contributed by atoms with E-state index in [1.807, 2.05) is 50.2 Å². The van der Waals surface area contributed by atoms with Crippen molar-refractivity contribution in [2.45, 2.75) is 26.8 Å². The molecule has 1 aromatic heterocycles. The molecule has 0 spiro atoms. The zero-order valence-corrected chi connectivity index (χ0v) is 15.7. The third kappa shape index (κ3) is 5.88. The van der Waals surface area contributed by atoms with Gasteiger partial charge in [-0.05, 0) is 49.6 Å². The second-order valence-corrected chi connectivity index (χ2v) is 5.92. The SMILES string of the molecule is CCNC(=NCc1ncccc1C)NCCc1cccc(C(=O)NC)c1. The van der Waals surface area contributed by atoms with Crippen molar-refractivity contribution >= 4 is 11.9 Å². The highest BCUT2D eigenvalue weighted by atomic mass is 16.1. The quantitative estimate of drug-likeness (QED) is 0.526. The number of nitrogens with zero attached hydrogens (tertiary/aromatic N) is 2. The van der Waals surface area contributed by atoms with Crippen molar-refractivity contribution in [2.75, 3.05) is 20.1 Å². The Kier molecular flexibility index (Phi) is 7.61. The lowest BCUT2D eigenvalue weighted by atomic mass is 10.1. The van der Waals surface area contributed by atoms with Crippen molar-refractivity contribution < 1.29 is 4.79 Å². The molecule has 1 aromatic carbocycles. The van der Waals surface area contributed by atoms with Gasteiger partial charge in [0.1, 0.15) is 0 Å². The number of amides is 1. The number of rotatable bonds is 7. The highest BCUT2D eigenvalue weighted by molar-refractivity contribution is 5.94. The number of aromatic nitrogens is 1. The normalized spacial score (nSPS) is 11.1. The maximum absolute atomic E-state index is 11.7. The first-order valence-electron chi connectivity index (χ1n) is 8.87. The molecule has 0 aliphatic carbocycles. The average Bonchev–Trinajstić information content (AvgIpc) is 2.66. The Labute approximate surface area is 155 Å². The van der Waals surface area contributed by atoms with E-state index in [4.69, 9.17) is 0 Å². The number of aryl methyl sites for hydroxylation is 1. The lowest BCUT2D eigenvalue weighted by molar-refractivity contribution is 0.0963. The number of carbonyl (C=O) groups is 1. The van der Waals surface area contributed by atoms with E-state index >= 15 is 0 Å². The number of aliphatic imine (C=N–C) groups is 1. The summed E-state index contributed by atoms with van der Waals surface area (Å²) in [5.41, 5.74) is 3.90. The molecular formula is C20H27N5O. The Morgan fingerprint density at radius 2 is 2.04 bits per heavy atom. The van der Waals surface area contributed by atoms with E-state index in [1.54, 1.807) is 13.2 Å². The summed E-state index contributed by atoms with van der Waals surface area (Å²) in [6.45, 7) is 6.13. The van der Waals surface area contributed by atoms with Gasteiger partial charge in [-0.15, -0.1) is 0 Å². The summed E-state index contributed by atoms with van der Waals surface area (Å²) in [6.07, 6.45) is 2.59. The molecule has 1 heterocycles. The summed E-state index contributed by atoms with van der Waals surface area (Å²) < 4.78 is 0. The number of guanidine groups is 1. The molecule has 0 atom stereocenters. The third-order valence-electron chi connectivity index (χ3n) is 3.97. The van der Waals surface area contributed by atoms with Gasteiger partial charge in [-0.3, -0.25) is 9.78 Å². The molecule has 6 heteroatoms. The summed E-state index contributed by atoms with van der Waals surface area (Å²) >= 11 is 0. The van der Waals surface area contributed by atoms with Crippen LogP contribution in [-0.2, 0) is 13.0 Å². The fourth-order valence-corrected chi connectivity index (χ4v) is 2.52. The zero-order valence-electron chi connectivity index (χ0n) is 15.7. The van der Waals surface area contributed by atoms with Crippen molar-refractivity contribution in [3.8, 4) is 0 Å². The Morgan fingerprint density at radius 1 is 1.19 bits per heavy atom. The Hall–Kier alpha value is -2.89. The van der Waals surface area contributed by atoms with Gasteiger partial charge < -0.3 is 16.0 Å². The zero-order chi connectivity index (χ0) is 18.8. The number of nitrogens with one attached hydrogen (secondary N) is 3. The van der Waals surface area contributed by atoms with Gasteiger partial charge in [0, 0.05) is 31.9 Å². The van der Waals surface area contributed by atoms with E-state index in [9.17, 15) is 4.79 Å². The lowest BCUT2D eigenvalue weighted by Gasteiger charge is -2.12. The van der Waals surface area contributed by atoms with Gasteiger partial charge >= 0.3 is 0 Å². The third-order valence-corrected chi connectivity index (χ3v) is 3.97. The lowest BCUT2D eigenvalue weighted by Crippen LogP contribution is -2.38. The average molecular weight is 353 g/mol. The molecule has 6 nitrogen and oxygen atoms in total. The Morgan fingerprint density at radius 3 is 2.77 bits per heavy atom. The van der Waals surface area contributed by atoms with Gasteiger partial charge in [0.25, 0.3) is 5.91 Å². The van der Waals surface area contributed by atoms with E-state index < -0.39 is 0 Å². The van der Waals surface area contributed by atoms with Gasteiger partial charge in [-0.2, -0.15) is 0 Å². The van der Waals surface area contributed by atoms with Gasteiger partial charge in [0.15, 0.2) is 5.96 Å². The Bertz CT molecular complexity index is 757. The summed E-state index contributed by atoms with van der Waals surface area (Å²) in [5.74, 6) is 0.695. The van der Waals surface area contributed by atoms with Crippen molar-refractivity contribution in [3.05, 3.63) is 65.0 Å². The maximum atomic E-state index is 11.7. The number of pyridine rings is 1. The van der Waals surface area contributed by atoms with E-state index in [0.29, 0.717) is 12.1 Å².